The summed E-state index contributed by atoms with van der Waals surface area (Å²) in [5, 5.41) is 0.0807. The summed E-state index contributed by atoms with van der Waals surface area (Å²) in [5.41, 5.74) is 10.5. The molecule has 1 atom stereocenters. The lowest BCUT2D eigenvalue weighted by Gasteiger charge is -2.37. The molecule has 0 heterocycles. The first-order chi connectivity index (χ1) is 13.3. The molecule has 0 aromatic heterocycles. The summed E-state index contributed by atoms with van der Waals surface area (Å²) >= 11 is 1.88. The van der Waals surface area contributed by atoms with Crippen molar-refractivity contribution in [3.8, 4) is 0 Å². The average molecular weight is 376 g/mol. The Labute approximate surface area is 168 Å². The van der Waals surface area contributed by atoms with E-state index in [1.165, 1.54) is 36.0 Å². The van der Waals surface area contributed by atoms with Gasteiger partial charge in [0.15, 0.2) is 0 Å². The van der Waals surface area contributed by atoms with Crippen molar-refractivity contribution in [2.75, 3.05) is 0 Å². The van der Waals surface area contributed by atoms with Crippen molar-refractivity contribution in [3.63, 3.8) is 0 Å². The van der Waals surface area contributed by atoms with Gasteiger partial charge in [-0.25, -0.2) is 0 Å². The van der Waals surface area contributed by atoms with Crippen LogP contribution in [0.25, 0.3) is 0 Å². The Bertz CT molecular complexity index is 690. The van der Waals surface area contributed by atoms with Gasteiger partial charge in [0, 0.05) is 0 Å². The normalized spacial score (nSPS) is 12.7. The first-order valence-corrected chi connectivity index (χ1v) is 10.8. The standard InChI is InChI=1S/C25H29NS/c1-2-3-7-20-24(26)27-25(21-14-8-4-9-15-21,22-16-10-5-11-17-22)23-18-12-6-13-19-23/h4-6,8-19,24H,2-3,7,20,26H2,1H3. The highest BCUT2D eigenvalue weighted by molar-refractivity contribution is 8.01. The Balaban J connectivity index is 2.11. The van der Waals surface area contributed by atoms with Gasteiger partial charge in [-0.2, -0.15) is 0 Å². The smallest absolute Gasteiger partial charge is 0.0922 e. The molecule has 0 aliphatic rings. The summed E-state index contributed by atoms with van der Waals surface area (Å²) in [6, 6.07) is 32.4. The molecule has 27 heavy (non-hydrogen) atoms. The molecule has 0 aliphatic heterocycles. The van der Waals surface area contributed by atoms with Crippen molar-refractivity contribution >= 4 is 11.8 Å². The van der Waals surface area contributed by atoms with E-state index >= 15 is 0 Å². The first-order valence-electron chi connectivity index (χ1n) is 9.87. The second-order valence-electron chi connectivity index (χ2n) is 6.93. The van der Waals surface area contributed by atoms with Crippen molar-refractivity contribution in [2.24, 2.45) is 5.73 Å². The Kier molecular flexibility index (Phi) is 7.14. The molecular weight excluding hydrogens is 346 g/mol. The van der Waals surface area contributed by atoms with Crippen LogP contribution in [-0.4, -0.2) is 5.37 Å². The molecule has 2 heteroatoms. The molecule has 3 aromatic rings. The van der Waals surface area contributed by atoms with Crippen molar-refractivity contribution < 1.29 is 0 Å². The molecule has 0 bridgehead atoms. The van der Waals surface area contributed by atoms with Crippen LogP contribution in [0.15, 0.2) is 91.0 Å². The molecule has 0 aliphatic carbocycles. The number of hydrogen-bond acceptors (Lipinski definition) is 2. The zero-order valence-corrected chi connectivity index (χ0v) is 16.9. The molecule has 1 nitrogen and oxygen atoms in total. The zero-order chi connectivity index (χ0) is 19.0. The van der Waals surface area contributed by atoms with Crippen molar-refractivity contribution in [1.82, 2.24) is 0 Å². The number of hydrogen-bond donors (Lipinski definition) is 1. The van der Waals surface area contributed by atoms with Crippen molar-refractivity contribution in [2.45, 2.75) is 42.7 Å². The summed E-state index contributed by atoms with van der Waals surface area (Å²) in [7, 11) is 0. The molecule has 0 fully saturated rings. The quantitative estimate of drug-likeness (QED) is 0.260. The van der Waals surface area contributed by atoms with Gasteiger partial charge in [-0.3, -0.25) is 0 Å². The van der Waals surface area contributed by atoms with Crippen LogP contribution in [0.3, 0.4) is 0 Å². The molecule has 1 unspecified atom stereocenters. The van der Waals surface area contributed by atoms with Crippen LogP contribution in [0, 0.1) is 0 Å². The first kappa shape index (κ1) is 19.7. The van der Waals surface area contributed by atoms with E-state index in [9.17, 15) is 0 Å². The second-order valence-corrected chi connectivity index (χ2v) is 8.38. The maximum Gasteiger partial charge on any atom is 0.0922 e. The maximum absolute atomic E-state index is 6.68. The Hall–Kier alpha value is -2.03. The summed E-state index contributed by atoms with van der Waals surface area (Å²) < 4.78 is -0.310. The number of rotatable bonds is 9. The van der Waals surface area contributed by atoms with Crippen LogP contribution in [-0.2, 0) is 4.75 Å². The third kappa shape index (κ3) is 4.63. The molecule has 2 N–H and O–H groups in total. The minimum atomic E-state index is -0.310. The van der Waals surface area contributed by atoms with Crippen LogP contribution in [0.5, 0.6) is 0 Å². The van der Waals surface area contributed by atoms with Crippen LogP contribution in [0.2, 0.25) is 0 Å². The van der Waals surface area contributed by atoms with Gasteiger partial charge >= 0.3 is 0 Å². The van der Waals surface area contributed by atoms with E-state index in [2.05, 4.69) is 97.9 Å². The Morgan fingerprint density at radius 2 is 1.11 bits per heavy atom. The number of unbranched alkanes of at least 4 members (excludes halogenated alkanes) is 2. The fourth-order valence-electron chi connectivity index (χ4n) is 3.60. The van der Waals surface area contributed by atoms with E-state index in [0.717, 1.165) is 6.42 Å². The molecule has 3 rings (SSSR count). The van der Waals surface area contributed by atoms with Crippen LogP contribution >= 0.6 is 11.8 Å². The lowest BCUT2D eigenvalue weighted by Crippen LogP contribution is -2.31. The van der Waals surface area contributed by atoms with Crippen molar-refractivity contribution in [1.29, 1.82) is 0 Å². The fourth-order valence-corrected chi connectivity index (χ4v) is 5.16. The summed E-state index contributed by atoms with van der Waals surface area (Å²) in [5.74, 6) is 0. The monoisotopic (exact) mass is 375 g/mol. The highest BCUT2D eigenvalue weighted by Crippen LogP contribution is 2.49. The van der Waals surface area contributed by atoms with Gasteiger partial charge in [0.1, 0.15) is 0 Å². The predicted octanol–water partition coefficient (Wildman–Crippen LogP) is 6.58. The van der Waals surface area contributed by atoms with E-state index in [0.29, 0.717) is 0 Å². The van der Waals surface area contributed by atoms with Crippen molar-refractivity contribution in [3.05, 3.63) is 108 Å². The van der Waals surface area contributed by atoms with Gasteiger partial charge in [-0.05, 0) is 23.1 Å². The Morgan fingerprint density at radius 1 is 0.704 bits per heavy atom. The zero-order valence-electron chi connectivity index (χ0n) is 16.1. The Morgan fingerprint density at radius 3 is 1.48 bits per heavy atom. The minimum Gasteiger partial charge on any atom is -0.319 e. The SMILES string of the molecule is CCCCCC(N)SC(c1ccccc1)(c1ccccc1)c1ccccc1. The molecule has 0 saturated carbocycles. The van der Waals surface area contributed by atoms with Gasteiger partial charge in [-0.15, -0.1) is 11.8 Å². The fraction of sp³-hybridized carbons (Fsp3) is 0.280. The molecule has 3 aromatic carbocycles. The number of benzene rings is 3. The van der Waals surface area contributed by atoms with Gasteiger partial charge in [-0.1, -0.05) is 117 Å². The van der Waals surface area contributed by atoms with Gasteiger partial charge in [0.25, 0.3) is 0 Å². The van der Waals surface area contributed by atoms with E-state index in [1.807, 2.05) is 11.8 Å². The van der Waals surface area contributed by atoms with Gasteiger partial charge < -0.3 is 5.73 Å². The minimum absolute atomic E-state index is 0.0807. The molecule has 140 valence electrons. The highest BCUT2D eigenvalue weighted by Gasteiger charge is 2.38. The van der Waals surface area contributed by atoms with E-state index < -0.39 is 0 Å². The number of nitrogens with two attached hydrogens (primary N) is 1. The predicted molar refractivity (Wildman–Crippen MR) is 119 cm³/mol. The van der Waals surface area contributed by atoms with E-state index in [-0.39, 0.29) is 10.1 Å². The lowest BCUT2D eigenvalue weighted by molar-refractivity contribution is 0.651. The topological polar surface area (TPSA) is 26.0 Å². The summed E-state index contributed by atoms with van der Waals surface area (Å²) in [6.45, 7) is 2.24. The van der Waals surface area contributed by atoms with Crippen LogP contribution in [0.4, 0.5) is 0 Å². The molecule has 0 radical (unpaired) electrons. The molecule has 0 spiro atoms. The van der Waals surface area contributed by atoms with Gasteiger partial charge in [0.2, 0.25) is 0 Å². The van der Waals surface area contributed by atoms with E-state index in [1.54, 1.807) is 0 Å². The maximum atomic E-state index is 6.68. The van der Waals surface area contributed by atoms with Crippen LogP contribution in [0.1, 0.15) is 49.3 Å². The number of thioether (sulfide) groups is 1. The van der Waals surface area contributed by atoms with Gasteiger partial charge in [0.05, 0.1) is 10.1 Å². The summed E-state index contributed by atoms with van der Waals surface area (Å²) in [6.07, 6.45) is 4.67. The van der Waals surface area contributed by atoms with Crippen LogP contribution < -0.4 is 5.73 Å². The molecule has 0 amide bonds. The molecular formula is C25H29NS. The summed E-state index contributed by atoms with van der Waals surface area (Å²) in [4.78, 5) is 0. The second kappa shape index (κ2) is 9.77. The lowest BCUT2D eigenvalue weighted by atomic mass is 9.84. The third-order valence-electron chi connectivity index (χ3n) is 4.96. The molecule has 0 saturated heterocycles. The average Bonchev–Trinajstić information content (AvgIpc) is 2.74. The third-order valence-corrected chi connectivity index (χ3v) is 6.56. The largest absolute Gasteiger partial charge is 0.319 e. The highest BCUT2D eigenvalue weighted by atomic mass is 32.2. The van der Waals surface area contributed by atoms with E-state index in [4.69, 9.17) is 5.73 Å².